The van der Waals surface area contributed by atoms with Crippen molar-refractivity contribution in [2.24, 2.45) is 5.73 Å². The maximum Gasteiger partial charge on any atom is 0.266 e. The Morgan fingerprint density at radius 3 is 2.75 bits per heavy atom. The van der Waals surface area contributed by atoms with E-state index in [0.717, 1.165) is 0 Å². The van der Waals surface area contributed by atoms with Gasteiger partial charge in [0, 0.05) is 0 Å². The second kappa shape index (κ2) is 3.02. The van der Waals surface area contributed by atoms with E-state index in [0.29, 0.717) is 0 Å². The van der Waals surface area contributed by atoms with Gasteiger partial charge in [-0.25, -0.2) is 0 Å². The molecule has 0 bridgehead atoms. The molecule has 0 unspecified atom stereocenters. The number of amides is 1. The molecule has 0 saturated carbocycles. The molecule has 6 heteroatoms. The van der Waals surface area contributed by atoms with Gasteiger partial charge in [0.2, 0.25) is 5.56 Å². The van der Waals surface area contributed by atoms with Gasteiger partial charge in [0.25, 0.3) is 5.91 Å². The van der Waals surface area contributed by atoms with Gasteiger partial charge in [0.15, 0.2) is 0 Å². The summed E-state index contributed by atoms with van der Waals surface area (Å²) in [6, 6.07) is 1.18. The summed E-state index contributed by atoms with van der Waals surface area (Å²) in [5, 5.41) is 0.0413. The van der Waals surface area contributed by atoms with Crippen molar-refractivity contribution in [1.29, 1.82) is 0 Å². The highest BCUT2D eigenvalue weighted by molar-refractivity contribution is 6.37. The topological polar surface area (TPSA) is 76.0 Å². The summed E-state index contributed by atoms with van der Waals surface area (Å²) in [6.07, 6.45) is 0. The molecule has 60 valence electrons. The minimum Gasteiger partial charge on any atom is -0.364 e. The van der Waals surface area contributed by atoms with E-state index < -0.39 is 11.5 Å². The van der Waals surface area contributed by atoms with E-state index in [2.05, 4.69) is 4.98 Å². The smallest absolute Gasteiger partial charge is 0.266 e. The third-order valence-corrected chi connectivity index (χ3v) is 1.57. The number of nitrogens with two attached hydrogens (primary N) is 1. The summed E-state index contributed by atoms with van der Waals surface area (Å²) in [6.45, 7) is 0. The Labute approximate surface area is 74.1 Å². The van der Waals surface area contributed by atoms with Crippen LogP contribution in [0.5, 0.6) is 0 Å². The van der Waals surface area contributed by atoms with Gasteiger partial charge in [0.1, 0.15) is 13.5 Å². The molecule has 0 fully saturated rings. The molecule has 0 aliphatic rings. The standard InChI is InChI=1S/C6H4BClN2O2/c7-2-1-3(8)4(5(9)11)10-6(2)12/h1H,(H2,9,11)(H,10,12). The van der Waals surface area contributed by atoms with Crippen LogP contribution in [0.4, 0.5) is 0 Å². The lowest BCUT2D eigenvalue weighted by molar-refractivity contribution is 0.0995. The first-order chi connectivity index (χ1) is 5.52. The lowest BCUT2D eigenvalue weighted by Crippen LogP contribution is -2.31. The van der Waals surface area contributed by atoms with Crippen molar-refractivity contribution in [3.63, 3.8) is 0 Å². The fourth-order valence-electron chi connectivity index (χ4n) is 0.699. The molecule has 1 aromatic rings. The van der Waals surface area contributed by atoms with Gasteiger partial charge in [-0.3, -0.25) is 9.59 Å². The van der Waals surface area contributed by atoms with Crippen molar-refractivity contribution in [1.82, 2.24) is 4.98 Å². The predicted molar refractivity (Wildman–Crippen MR) is 46.0 cm³/mol. The van der Waals surface area contributed by atoms with Crippen LogP contribution < -0.4 is 16.8 Å². The highest BCUT2D eigenvalue weighted by Gasteiger charge is 2.08. The van der Waals surface area contributed by atoms with Crippen LogP contribution >= 0.6 is 11.6 Å². The van der Waals surface area contributed by atoms with E-state index in [-0.39, 0.29) is 16.2 Å². The zero-order valence-electron chi connectivity index (χ0n) is 5.93. The molecule has 0 aromatic carbocycles. The molecule has 4 nitrogen and oxygen atoms in total. The summed E-state index contributed by atoms with van der Waals surface area (Å²) in [7, 11) is 5.21. The normalized spacial score (nSPS) is 9.75. The molecule has 0 aliphatic heterocycles. The van der Waals surface area contributed by atoms with Crippen LogP contribution in [0.1, 0.15) is 10.5 Å². The Bertz CT molecular complexity index is 388. The van der Waals surface area contributed by atoms with Crippen molar-refractivity contribution < 1.29 is 4.79 Å². The SMILES string of the molecule is [B]c1cc(Cl)c(C(N)=O)[nH]c1=O. The van der Waals surface area contributed by atoms with E-state index in [1.807, 2.05) is 0 Å². The van der Waals surface area contributed by atoms with Crippen molar-refractivity contribution in [3.8, 4) is 0 Å². The molecule has 2 radical (unpaired) electrons. The summed E-state index contributed by atoms with van der Waals surface area (Å²) >= 11 is 5.55. The molecular formula is C6H4BClN2O2. The average Bonchev–Trinajstić information content (AvgIpc) is 1.96. The summed E-state index contributed by atoms with van der Waals surface area (Å²) in [5.41, 5.74) is 4.14. The number of primary amides is 1. The largest absolute Gasteiger partial charge is 0.364 e. The van der Waals surface area contributed by atoms with Crippen LogP contribution in [0.15, 0.2) is 10.9 Å². The van der Waals surface area contributed by atoms with Crippen LogP contribution in [0, 0.1) is 0 Å². The highest BCUT2D eigenvalue weighted by Crippen LogP contribution is 2.07. The number of H-pyrrole nitrogens is 1. The number of carbonyl (C=O) groups is 1. The Morgan fingerprint density at radius 2 is 2.25 bits per heavy atom. The van der Waals surface area contributed by atoms with Crippen LogP contribution in [0.25, 0.3) is 0 Å². The van der Waals surface area contributed by atoms with Crippen LogP contribution in [-0.2, 0) is 0 Å². The predicted octanol–water partition coefficient (Wildman–Crippen LogP) is -1.08. The Morgan fingerprint density at radius 1 is 1.67 bits per heavy atom. The minimum absolute atomic E-state index is 0.0413. The fraction of sp³-hybridized carbons (Fsp3) is 0. The summed E-state index contributed by atoms with van der Waals surface area (Å²) in [4.78, 5) is 23.6. The average molecular weight is 182 g/mol. The number of aromatic amines is 1. The second-order valence-corrected chi connectivity index (χ2v) is 2.55. The van der Waals surface area contributed by atoms with Crippen molar-refractivity contribution in [2.75, 3.05) is 0 Å². The first-order valence-corrected chi connectivity index (χ1v) is 3.38. The first-order valence-electron chi connectivity index (χ1n) is 3.00. The van der Waals surface area contributed by atoms with E-state index in [9.17, 15) is 9.59 Å². The number of carbonyl (C=O) groups excluding carboxylic acids is 1. The van der Waals surface area contributed by atoms with Gasteiger partial charge in [-0.1, -0.05) is 11.6 Å². The fourth-order valence-corrected chi connectivity index (χ4v) is 0.957. The van der Waals surface area contributed by atoms with E-state index in [1.54, 1.807) is 0 Å². The number of pyridine rings is 1. The number of hydrogen-bond donors (Lipinski definition) is 2. The first kappa shape index (κ1) is 8.87. The Kier molecular flexibility index (Phi) is 2.24. The van der Waals surface area contributed by atoms with E-state index in [4.69, 9.17) is 25.2 Å². The second-order valence-electron chi connectivity index (χ2n) is 2.14. The number of aromatic nitrogens is 1. The minimum atomic E-state index is -0.794. The molecule has 1 amide bonds. The molecule has 1 aromatic heterocycles. The lowest BCUT2D eigenvalue weighted by Gasteiger charge is -1.99. The monoisotopic (exact) mass is 182 g/mol. The highest BCUT2D eigenvalue weighted by atomic mass is 35.5. The Balaban J connectivity index is 3.43. The van der Waals surface area contributed by atoms with Crippen LogP contribution in [0.2, 0.25) is 5.02 Å². The van der Waals surface area contributed by atoms with Crippen LogP contribution in [0.3, 0.4) is 0 Å². The zero-order chi connectivity index (χ0) is 9.30. The summed E-state index contributed by atoms with van der Waals surface area (Å²) in [5.74, 6) is -0.794. The van der Waals surface area contributed by atoms with Gasteiger partial charge in [-0.15, -0.1) is 0 Å². The molecule has 12 heavy (non-hydrogen) atoms. The van der Waals surface area contributed by atoms with Gasteiger partial charge >= 0.3 is 0 Å². The van der Waals surface area contributed by atoms with Crippen molar-refractivity contribution >= 4 is 30.8 Å². The quantitative estimate of drug-likeness (QED) is 0.542. The number of rotatable bonds is 1. The number of nitrogens with one attached hydrogen (secondary N) is 1. The maximum absolute atomic E-state index is 10.8. The third-order valence-electron chi connectivity index (χ3n) is 1.27. The van der Waals surface area contributed by atoms with E-state index in [1.165, 1.54) is 6.07 Å². The van der Waals surface area contributed by atoms with Gasteiger partial charge in [0.05, 0.1) is 5.02 Å². The lowest BCUT2D eigenvalue weighted by atomic mass is 9.98. The summed E-state index contributed by atoms with van der Waals surface area (Å²) < 4.78 is 0. The molecule has 0 saturated heterocycles. The molecule has 1 heterocycles. The van der Waals surface area contributed by atoms with Crippen molar-refractivity contribution in [3.05, 3.63) is 27.1 Å². The molecular weight excluding hydrogens is 178 g/mol. The van der Waals surface area contributed by atoms with E-state index >= 15 is 0 Å². The van der Waals surface area contributed by atoms with Gasteiger partial charge in [-0.2, -0.15) is 0 Å². The number of halogens is 1. The molecule has 1 rings (SSSR count). The molecule has 0 aliphatic carbocycles. The Hall–Kier alpha value is -1.23. The molecule has 0 spiro atoms. The number of hydrogen-bond acceptors (Lipinski definition) is 2. The van der Waals surface area contributed by atoms with Gasteiger partial charge in [-0.05, 0) is 11.5 Å². The maximum atomic E-state index is 10.8. The van der Waals surface area contributed by atoms with Crippen LogP contribution in [-0.4, -0.2) is 18.7 Å². The zero-order valence-corrected chi connectivity index (χ0v) is 6.68. The van der Waals surface area contributed by atoms with Crippen molar-refractivity contribution in [2.45, 2.75) is 0 Å². The molecule has 0 atom stereocenters. The van der Waals surface area contributed by atoms with Gasteiger partial charge < -0.3 is 10.7 Å². The molecule has 3 N–H and O–H groups in total. The third kappa shape index (κ3) is 1.50.